The lowest BCUT2D eigenvalue weighted by molar-refractivity contribution is 0.0777. The molecular formula is C11H25N3O. The number of hydrogen-bond donors (Lipinski definition) is 1. The van der Waals surface area contributed by atoms with Crippen molar-refractivity contribution in [3.63, 3.8) is 0 Å². The fourth-order valence-electron chi connectivity index (χ4n) is 2.22. The highest BCUT2D eigenvalue weighted by Crippen LogP contribution is 2.10. The molecule has 0 spiro atoms. The molecule has 1 saturated heterocycles. The van der Waals surface area contributed by atoms with E-state index in [0.717, 1.165) is 26.2 Å². The number of methoxy groups -OCH3 is 1. The Morgan fingerprint density at radius 1 is 1.47 bits per heavy atom. The molecule has 1 aliphatic rings. The van der Waals surface area contributed by atoms with Crippen LogP contribution in [0.25, 0.3) is 0 Å². The molecule has 15 heavy (non-hydrogen) atoms. The van der Waals surface area contributed by atoms with Crippen LogP contribution in [0, 0.1) is 0 Å². The van der Waals surface area contributed by atoms with Crippen LogP contribution in [0.3, 0.4) is 0 Å². The van der Waals surface area contributed by atoms with Gasteiger partial charge in [0.15, 0.2) is 0 Å². The van der Waals surface area contributed by atoms with E-state index in [9.17, 15) is 0 Å². The number of ether oxygens (including phenoxy) is 1. The summed E-state index contributed by atoms with van der Waals surface area (Å²) in [4.78, 5) is 4.90. The van der Waals surface area contributed by atoms with Crippen molar-refractivity contribution in [3.8, 4) is 0 Å². The van der Waals surface area contributed by atoms with Crippen LogP contribution in [0.4, 0.5) is 0 Å². The zero-order chi connectivity index (χ0) is 11.3. The quantitative estimate of drug-likeness (QED) is 0.700. The Morgan fingerprint density at radius 2 is 2.20 bits per heavy atom. The first kappa shape index (κ1) is 12.9. The molecule has 0 aliphatic carbocycles. The fraction of sp³-hybridized carbons (Fsp3) is 1.00. The lowest BCUT2D eigenvalue weighted by Gasteiger charge is -2.39. The third kappa shape index (κ3) is 4.07. The second-order valence-electron chi connectivity index (χ2n) is 4.52. The van der Waals surface area contributed by atoms with E-state index in [1.165, 1.54) is 6.42 Å². The molecule has 1 rings (SSSR count). The molecule has 2 unspecified atom stereocenters. The average molecular weight is 215 g/mol. The highest BCUT2D eigenvalue weighted by molar-refractivity contribution is 4.81. The smallest absolute Gasteiger partial charge is 0.0626 e. The van der Waals surface area contributed by atoms with E-state index in [1.54, 1.807) is 7.11 Å². The maximum absolute atomic E-state index is 5.96. The maximum atomic E-state index is 5.96. The molecule has 0 bridgehead atoms. The maximum Gasteiger partial charge on any atom is 0.0626 e. The van der Waals surface area contributed by atoms with Gasteiger partial charge in [-0.25, -0.2) is 0 Å². The monoisotopic (exact) mass is 215 g/mol. The number of likely N-dealkylation sites (N-methyl/N-ethyl adjacent to an activating group) is 1. The largest absolute Gasteiger partial charge is 0.383 e. The van der Waals surface area contributed by atoms with E-state index in [2.05, 4.69) is 23.8 Å². The van der Waals surface area contributed by atoms with Crippen molar-refractivity contribution in [3.05, 3.63) is 0 Å². The van der Waals surface area contributed by atoms with Crippen LogP contribution < -0.4 is 5.73 Å². The minimum absolute atomic E-state index is 0.149. The van der Waals surface area contributed by atoms with Crippen molar-refractivity contribution >= 4 is 0 Å². The molecule has 90 valence electrons. The molecule has 0 amide bonds. The van der Waals surface area contributed by atoms with Gasteiger partial charge in [-0.2, -0.15) is 0 Å². The van der Waals surface area contributed by atoms with Crippen LogP contribution in [0.2, 0.25) is 0 Å². The van der Waals surface area contributed by atoms with Gasteiger partial charge in [-0.3, -0.25) is 4.90 Å². The van der Waals surface area contributed by atoms with Gasteiger partial charge in [0.1, 0.15) is 0 Å². The lowest BCUT2D eigenvalue weighted by atomic mass is 10.1. The van der Waals surface area contributed by atoms with E-state index in [0.29, 0.717) is 12.6 Å². The number of piperazine rings is 1. The highest BCUT2D eigenvalue weighted by atomic mass is 16.5. The van der Waals surface area contributed by atoms with E-state index in [4.69, 9.17) is 10.5 Å². The van der Waals surface area contributed by atoms with Gasteiger partial charge >= 0.3 is 0 Å². The van der Waals surface area contributed by atoms with Gasteiger partial charge in [-0.05, 0) is 13.5 Å². The molecule has 1 fully saturated rings. The van der Waals surface area contributed by atoms with Gasteiger partial charge in [-0.1, -0.05) is 6.92 Å². The van der Waals surface area contributed by atoms with E-state index in [-0.39, 0.29) is 6.04 Å². The number of rotatable bonds is 5. The zero-order valence-corrected chi connectivity index (χ0v) is 10.3. The minimum atomic E-state index is 0.149. The second-order valence-corrected chi connectivity index (χ2v) is 4.52. The van der Waals surface area contributed by atoms with Gasteiger partial charge in [-0.15, -0.1) is 0 Å². The summed E-state index contributed by atoms with van der Waals surface area (Å²) >= 11 is 0. The van der Waals surface area contributed by atoms with Crippen molar-refractivity contribution in [1.82, 2.24) is 9.80 Å². The Morgan fingerprint density at radius 3 is 2.80 bits per heavy atom. The topological polar surface area (TPSA) is 41.7 Å². The average Bonchev–Trinajstić information content (AvgIpc) is 2.21. The number of nitrogens with two attached hydrogens (primary N) is 1. The van der Waals surface area contributed by atoms with Crippen LogP contribution >= 0.6 is 0 Å². The van der Waals surface area contributed by atoms with Crippen molar-refractivity contribution in [2.45, 2.75) is 25.4 Å². The number of nitrogens with zero attached hydrogens (tertiary/aromatic N) is 2. The van der Waals surface area contributed by atoms with Crippen molar-refractivity contribution in [1.29, 1.82) is 0 Å². The molecule has 0 saturated carbocycles. The van der Waals surface area contributed by atoms with Crippen molar-refractivity contribution in [2.75, 3.05) is 46.9 Å². The summed E-state index contributed by atoms with van der Waals surface area (Å²) in [6, 6.07) is 0.837. The third-order valence-electron chi connectivity index (χ3n) is 3.21. The second kappa shape index (κ2) is 6.43. The van der Waals surface area contributed by atoms with Crippen molar-refractivity contribution < 1.29 is 4.74 Å². The first-order chi connectivity index (χ1) is 7.17. The van der Waals surface area contributed by atoms with Crippen LogP contribution in [0.1, 0.15) is 13.3 Å². The highest BCUT2D eigenvalue weighted by Gasteiger charge is 2.23. The summed E-state index contributed by atoms with van der Waals surface area (Å²) in [6.07, 6.45) is 1.21. The van der Waals surface area contributed by atoms with E-state index < -0.39 is 0 Å². The third-order valence-corrected chi connectivity index (χ3v) is 3.21. The van der Waals surface area contributed by atoms with Crippen molar-refractivity contribution in [2.24, 2.45) is 5.73 Å². The van der Waals surface area contributed by atoms with Crippen LogP contribution in [-0.2, 0) is 4.74 Å². The van der Waals surface area contributed by atoms with Gasteiger partial charge in [0, 0.05) is 45.4 Å². The van der Waals surface area contributed by atoms with Gasteiger partial charge in [0.25, 0.3) is 0 Å². The van der Waals surface area contributed by atoms with Crippen LogP contribution in [-0.4, -0.2) is 68.8 Å². The fourth-order valence-corrected chi connectivity index (χ4v) is 2.22. The van der Waals surface area contributed by atoms with E-state index >= 15 is 0 Å². The van der Waals surface area contributed by atoms with Gasteiger partial charge in [0.05, 0.1) is 6.61 Å². The molecule has 4 heteroatoms. The Balaban J connectivity index is 2.31. The predicted octanol–water partition coefficient (Wildman–Crippen LogP) is -0.0139. The normalized spacial score (nSPS) is 26.8. The van der Waals surface area contributed by atoms with Gasteiger partial charge < -0.3 is 15.4 Å². The SMILES string of the molecule is CCC1CN(CC(N)COC)CCN1C. The Labute approximate surface area is 93.4 Å². The summed E-state index contributed by atoms with van der Waals surface area (Å²) in [5, 5.41) is 0. The Bertz CT molecular complexity index is 177. The molecule has 1 aliphatic heterocycles. The van der Waals surface area contributed by atoms with Crippen LogP contribution in [0.5, 0.6) is 0 Å². The van der Waals surface area contributed by atoms with E-state index in [1.807, 2.05) is 0 Å². The summed E-state index contributed by atoms with van der Waals surface area (Å²) < 4.78 is 5.06. The standard InChI is InChI=1S/C11H25N3O/c1-4-11-8-14(6-5-13(11)2)7-10(12)9-15-3/h10-11H,4-9,12H2,1-3H3. The molecule has 4 nitrogen and oxygen atoms in total. The first-order valence-corrected chi connectivity index (χ1v) is 5.84. The molecular weight excluding hydrogens is 190 g/mol. The lowest BCUT2D eigenvalue weighted by Crippen LogP contribution is -2.54. The Hall–Kier alpha value is -0.160. The van der Waals surface area contributed by atoms with Gasteiger partial charge in [0.2, 0.25) is 0 Å². The molecule has 0 radical (unpaired) electrons. The zero-order valence-electron chi connectivity index (χ0n) is 10.3. The predicted molar refractivity (Wildman–Crippen MR) is 63.0 cm³/mol. The van der Waals surface area contributed by atoms with Crippen LogP contribution in [0.15, 0.2) is 0 Å². The first-order valence-electron chi connectivity index (χ1n) is 5.84. The molecule has 0 aromatic heterocycles. The molecule has 0 aromatic carbocycles. The summed E-state index contributed by atoms with van der Waals surface area (Å²) in [5.41, 5.74) is 5.96. The summed E-state index contributed by atoms with van der Waals surface area (Å²) in [7, 11) is 3.92. The number of hydrogen-bond acceptors (Lipinski definition) is 4. The molecule has 2 N–H and O–H groups in total. The molecule has 0 aromatic rings. The minimum Gasteiger partial charge on any atom is -0.383 e. The summed E-state index contributed by atoms with van der Waals surface area (Å²) in [5.74, 6) is 0. The Kier molecular flexibility index (Phi) is 5.53. The molecule has 1 heterocycles. The summed E-state index contributed by atoms with van der Waals surface area (Å²) in [6.45, 7) is 7.29. The molecule has 2 atom stereocenters.